The molecule has 0 aliphatic heterocycles. The Morgan fingerprint density at radius 3 is 2.62 bits per heavy atom. The number of nitrogens with one attached hydrogen (secondary N) is 1. The van der Waals surface area contributed by atoms with Crippen LogP contribution in [0.1, 0.15) is 36.3 Å². The van der Waals surface area contributed by atoms with Gasteiger partial charge in [-0.05, 0) is 57.5 Å². The van der Waals surface area contributed by atoms with Gasteiger partial charge in [0, 0.05) is 22.3 Å². The van der Waals surface area contributed by atoms with E-state index in [2.05, 4.69) is 26.3 Å². The molecule has 21 heavy (non-hydrogen) atoms. The first kappa shape index (κ1) is 15.8. The average Bonchev–Trinajstić information content (AvgIpc) is 2.73. The standard InChI is InChI=1S/C16H20BrN3O/c1-10-7-14(5-6-15(10)17)18-16(21)9-13(4)20-12(3)8-11(2)19-20/h5-8,13H,9H2,1-4H3,(H,18,21)/t13-/m0/s1. The molecule has 1 atom stereocenters. The highest BCUT2D eigenvalue weighted by molar-refractivity contribution is 9.10. The summed E-state index contributed by atoms with van der Waals surface area (Å²) in [4.78, 5) is 12.1. The second kappa shape index (κ2) is 6.43. The first-order chi connectivity index (χ1) is 9.86. The zero-order valence-corrected chi connectivity index (χ0v) is 14.4. The van der Waals surface area contributed by atoms with Gasteiger partial charge >= 0.3 is 0 Å². The van der Waals surface area contributed by atoms with E-state index in [1.807, 2.05) is 56.6 Å². The Morgan fingerprint density at radius 2 is 2.05 bits per heavy atom. The van der Waals surface area contributed by atoms with Gasteiger partial charge in [0.2, 0.25) is 5.91 Å². The van der Waals surface area contributed by atoms with Gasteiger partial charge in [0.05, 0.1) is 11.7 Å². The summed E-state index contributed by atoms with van der Waals surface area (Å²) in [6.45, 7) is 7.97. The van der Waals surface area contributed by atoms with Crippen LogP contribution in [0.15, 0.2) is 28.7 Å². The lowest BCUT2D eigenvalue weighted by Crippen LogP contribution is -2.19. The van der Waals surface area contributed by atoms with E-state index in [1.54, 1.807) is 0 Å². The zero-order valence-electron chi connectivity index (χ0n) is 12.8. The number of nitrogens with zero attached hydrogens (tertiary/aromatic N) is 2. The van der Waals surface area contributed by atoms with Crippen molar-refractivity contribution in [3.63, 3.8) is 0 Å². The third kappa shape index (κ3) is 3.94. The lowest BCUT2D eigenvalue weighted by atomic mass is 10.2. The van der Waals surface area contributed by atoms with Crippen LogP contribution in [0.3, 0.4) is 0 Å². The summed E-state index contributed by atoms with van der Waals surface area (Å²) < 4.78 is 2.94. The average molecular weight is 350 g/mol. The van der Waals surface area contributed by atoms with E-state index in [0.29, 0.717) is 6.42 Å². The van der Waals surface area contributed by atoms with Crippen molar-refractivity contribution in [1.82, 2.24) is 9.78 Å². The maximum Gasteiger partial charge on any atom is 0.226 e. The molecule has 1 aromatic carbocycles. The van der Waals surface area contributed by atoms with Crippen LogP contribution in [-0.4, -0.2) is 15.7 Å². The number of anilines is 1. The van der Waals surface area contributed by atoms with Crippen molar-refractivity contribution >= 4 is 27.5 Å². The van der Waals surface area contributed by atoms with E-state index in [1.165, 1.54) is 0 Å². The highest BCUT2D eigenvalue weighted by atomic mass is 79.9. The molecular weight excluding hydrogens is 330 g/mol. The molecule has 1 N–H and O–H groups in total. The van der Waals surface area contributed by atoms with Crippen LogP contribution in [-0.2, 0) is 4.79 Å². The van der Waals surface area contributed by atoms with E-state index >= 15 is 0 Å². The first-order valence-electron chi connectivity index (χ1n) is 6.95. The van der Waals surface area contributed by atoms with Crippen LogP contribution < -0.4 is 5.32 Å². The van der Waals surface area contributed by atoms with Crippen molar-refractivity contribution in [2.75, 3.05) is 5.32 Å². The topological polar surface area (TPSA) is 46.9 Å². The van der Waals surface area contributed by atoms with E-state index < -0.39 is 0 Å². The van der Waals surface area contributed by atoms with Crippen LogP contribution in [0.25, 0.3) is 0 Å². The maximum atomic E-state index is 12.1. The van der Waals surface area contributed by atoms with Crippen LogP contribution >= 0.6 is 15.9 Å². The molecule has 0 radical (unpaired) electrons. The molecule has 0 spiro atoms. The number of benzene rings is 1. The van der Waals surface area contributed by atoms with Gasteiger partial charge in [-0.3, -0.25) is 9.48 Å². The van der Waals surface area contributed by atoms with Crippen molar-refractivity contribution in [3.05, 3.63) is 45.7 Å². The minimum Gasteiger partial charge on any atom is -0.326 e. The lowest BCUT2D eigenvalue weighted by molar-refractivity contribution is -0.116. The summed E-state index contributed by atoms with van der Waals surface area (Å²) in [6, 6.07) is 7.84. The van der Waals surface area contributed by atoms with Gasteiger partial charge in [0.25, 0.3) is 0 Å². The van der Waals surface area contributed by atoms with Gasteiger partial charge in [-0.15, -0.1) is 0 Å². The molecule has 4 nitrogen and oxygen atoms in total. The highest BCUT2D eigenvalue weighted by Gasteiger charge is 2.14. The molecule has 0 fully saturated rings. The number of rotatable bonds is 4. The molecule has 0 aliphatic carbocycles. The van der Waals surface area contributed by atoms with Crippen molar-refractivity contribution in [1.29, 1.82) is 0 Å². The van der Waals surface area contributed by atoms with E-state index in [-0.39, 0.29) is 11.9 Å². The Hall–Kier alpha value is -1.62. The highest BCUT2D eigenvalue weighted by Crippen LogP contribution is 2.21. The van der Waals surface area contributed by atoms with Gasteiger partial charge < -0.3 is 5.32 Å². The molecule has 0 unspecified atom stereocenters. The number of aryl methyl sites for hydroxylation is 3. The second-order valence-corrected chi connectivity index (χ2v) is 6.29. The Balaban J connectivity index is 2.01. The zero-order chi connectivity index (χ0) is 15.6. The molecule has 0 bridgehead atoms. The molecule has 2 rings (SSSR count). The number of amides is 1. The van der Waals surface area contributed by atoms with Crippen molar-refractivity contribution in [2.24, 2.45) is 0 Å². The fourth-order valence-electron chi connectivity index (χ4n) is 2.38. The quantitative estimate of drug-likeness (QED) is 0.900. The van der Waals surface area contributed by atoms with Crippen molar-refractivity contribution in [3.8, 4) is 0 Å². The minimum atomic E-state index is -0.00299. The van der Waals surface area contributed by atoms with Crippen LogP contribution in [0, 0.1) is 20.8 Å². The molecule has 0 aliphatic rings. The third-order valence-electron chi connectivity index (χ3n) is 3.38. The molecule has 1 heterocycles. The third-order valence-corrected chi connectivity index (χ3v) is 4.27. The predicted molar refractivity (Wildman–Crippen MR) is 88.5 cm³/mol. The maximum absolute atomic E-state index is 12.1. The van der Waals surface area contributed by atoms with Crippen molar-refractivity contribution < 1.29 is 4.79 Å². The summed E-state index contributed by atoms with van der Waals surface area (Å²) in [5.41, 5.74) is 3.97. The smallest absolute Gasteiger partial charge is 0.226 e. The molecule has 2 aromatic rings. The SMILES string of the molecule is Cc1cc(C)n([C@@H](C)CC(=O)Nc2ccc(Br)c(C)c2)n1. The number of halogens is 1. The first-order valence-corrected chi connectivity index (χ1v) is 7.75. The molecule has 1 amide bonds. The monoisotopic (exact) mass is 349 g/mol. The summed E-state index contributed by atoms with van der Waals surface area (Å²) >= 11 is 3.45. The number of hydrogen-bond acceptors (Lipinski definition) is 2. The number of carbonyl (C=O) groups excluding carboxylic acids is 1. The molecule has 5 heteroatoms. The predicted octanol–water partition coefficient (Wildman–Crippen LogP) is 4.16. The Labute approximate surface area is 133 Å². The molecular formula is C16H20BrN3O. The second-order valence-electron chi connectivity index (χ2n) is 5.44. The Kier molecular flexibility index (Phi) is 4.83. The van der Waals surface area contributed by atoms with Gasteiger partial charge in [0.1, 0.15) is 0 Å². The van der Waals surface area contributed by atoms with Crippen LogP contribution in [0.2, 0.25) is 0 Å². The van der Waals surface area contributed by atoms with Gasteiger partial charge in [-0.2, -0.15) is 5.10 Å². The van der Waals surface area contributed by atoms with Crippen molar-refractivity contribution in [2.45, 2.75) is 40.2 Å². The Bertz CT molecular complexity index is 664. The normalized spacial score (nSPS) is 12.2. The largest absolute Gasteiger partial charge is 0.326 e. The van der Waals surface area contributed by atoms with Gasteiger partial charge in [-0.25, -0.2) is 0 Å². The van der Waals surface area contributed by atoms with Crippen LogP contribution in [0.4, 0.5) is 5.69 Å². The summed E-state index contributed by atoms with van der Waals surface area (Å²) in [6.07, 6.45) is 0.400. The molecule has 1 aromatic heterocycles. The van der Waals surface area contributed by atoms with E-state index in [4.69, 9.17) is 0 Å². The van der Waals surface area contributed by atoms with E-state index in [0.717, 1.165) is 27.1 Å². The summed E-state index contributed by atoms with van der Waals surface area (Å²) in [5, 5.41) is 7.36. The number of aromatic nitrogens is 2. The minimum absolute atomic E-state index is 0.00299. The number of carbonyl (C=O) groups is 1. The summed E-state index contributed by atoms with van der Waals surface area (Å²) in [5.74, 6) is -0.00299. The molecule has 0 saturated heterocycles. The molecule has 112 valence electrons. The Morgan fingerprint density at radius 1 is 1.33 bits per heavy atom. The lowest BCUT2D eigenvalue weighted by Gasteiger charge is -2.14. The van der Waals surface area contributed by atoms with Gasteiger partial charge in [0.15, 0.2) is 0 Å². The van der Waals surface area contributed by atoms with Crippen LogP contribution in [0.5, 0.6) is 0 Å². The number of hydrogen-bond donors (Lipinski definition) is 1. The molecule has 0 saturated carbocycles. The fourth-order valence-corrected chi connectivity index (χ4v) is 2.63. The van der Waals surface area contributed by atoms with Gasteiger partial charge in [-0.1, -0.05) is 15.9 Å². The fraction of sp³-hybridized carbons (Fsp3) is 0.375. The van der Waals surface area contributed by atoms with E-state index in [9.17, 15) is 4.79 Å². The summed E-state index contributed by atoms with van der Waals surface area (Å²) in [7, 11) is 0.